The van der Waals surface area contributed by atoms with Crippen molar-refractivity contribution >= 4 is 38.7 Å². The van der Waals surface area contributed by atoms with Gasteiger partial charge in [0.05, 0.1) is 11.9 Å². The molecule has 4 aromatic rings. The minimum atomic E-state index is -0.171. The van der Waals surface area contributed by atoms with E-state index in [4.69, 9.17) is 0 Å². The Hall–Kier alpha value is -2.38. The zero-order chi connectivity index (χ0) is 19.0. The SMILES string of the molecule is Cc1cccc(-n2ncc3c(=O)[nH]c(SCc4ccc(Br)cc4)nc32)c1C. The molecular weight excluding hydrogens is 424 g/mol. The van der Waals surface area contributed by atoms with Crippen LogP contribution in [0, 0.1) is 13.8 Å². The molecule has 4 rings (SSSR count). The lowest BCUT2D eigenvalue weighted by Gasteiger charge is -2.09. The molecule has 27 heavy (non-hydrogen) atoms. The number of aromatic nitrogens is 4. The molecule has 0 fully saturated rings. The molecule has 0 bridgehead atoms. The number of thioether (sulfide) groups is 1. The number of rotatable bonds is 4. The number of nitrogens with zero attached hydrogens (tertiary/aromatic N) is 3. The van der Waals surface area contributed by atoms with E-state index in [0.29, 0.717) is 16.2 Å². The molecule has 0 aliphatic rings. The summed E-state index contributed by atoms with van der Waals surface area (Å²) < 4.78 is 2.79. The first kappa shape index (κ1) is 18.0. The van der Waals surface area contributed by atoms with Gasteiger partial charge in [0, 0.05) is 10.2 Å². The summed E-state index contributed by atoms with van der Waals surface area (Å²) in [5.41, 5.74) is 4.79. The summed E-state index contributed by atoms with van der Waals surface area (Å²) >= 11 is 4.94. The maximum absolute atomic E-state index is 12.5. The standard InChI is InChI=1S/C20H17BrN4OS/c1-12-4-3-5-17(13(12)2)25-18-16(10-22-25)19(26)24-20(23-18)27-11-14-6-8-15(21)9-7-14/h3-10H,11H2,1-2H3,(H,23,24,26). The molecule has 0 radical (unpaired) electrons. The maximum atomic E-state index is 12.5. The highest BCUT2D eigenvalue weighted by molar-refractivity contribution is 9.10. The van der Waals surface area contributed by atoms with Crippen LogP contribution in [-0.4, -0.2) is 19.7 Å². The fraction of sp³-hybridized carbons (Fsp3) is 0.150. The number of aromatic amines is 1. The van der Waals surface area contributed by atoms with Crippen LogP contribution in [-0.2, 0) is 5.75 Å². The van der Waals surface area contributed by atoms with Crippen molar-refractivity contribution in [3.05, 3.63) is 80.2 Å². The quantitative estimate of drug-likeness (QED) is 0.366. The van der Waals surface area contributed by atoms with Crippen LogP contribution in [0.3, 0.4) is 0 Å². The first-order chi connectivity index (χ1) is 13.0. The lowest BCUT2D eigenvalue weighted by Crippen LogP contribution is -2.10. The maximum Gasteiger partial charge on any atom is 0.262 e. The van der Waals surface area contributed by atoms with Gasteiger partial charge in [-0.3, -0.25) is 4.79 Å². The number of halogens is 1. The molecule has 0 saturated carbocycles. The third kappa shape index (κ3) is 3.57. The number of benzene rings is 2. The van der Waals surface area contributed by atoms with Gasteiger partial charge in [0.2, 0.25) is 0 Å². The summed E-state index contributed by atoms with van der Waals surface area (Å²) in [4.78, 5) is 20.0. The number of aryl methyl sites for hydroxylation is 1. The molecule has 1 N–H and O–H groups in total. The molecule has 0 saturated heterocycles. The largest absolute Gasteiger partial charge is 0.301 e. The van der Waals surface area contributed by atoms with Crippen molar-refractivity contribution in [3.8, 4) is 5.69 Å². The zero-order valence-corrected chi connectivity index (χ0v) is 17.3. The van der Waals surface area contributed by atoms with Gasteiger partial charge in [-0.25, -0.2) is 9.67 Å². The average molecular weight is 441 g/mol. The Labute approximate surface area is 169 Å². The van der Waals surface area contributed by atoms with E-state index in [0.717, 1.165) is 27.0 Å². The third-order valence-electron chi connectivity index (χ3n) is 4.51. The van der Waals surface area contributed by atoms with Crippen molar-refractivity contribution in [1.82, 2.24) is 19.7 Å². The van der Waals surface area contributed by atoms with Crippen LogP contribution < -0.4 is 5.56 Å². The molecule has 7 heteroatoms. The highest BCUT2D eigenvalue weighted by atomic mass is 79.9. The predicted molar refractivity (Wildman–Crippen MR) is 113 cm³/mol. The molecule has 5 nitrogen and oxygen atoms in total. The summed E-state index contributed by atoms with van der Waals surface area (Å²) in [6, 6.07) is 14.1. The number of hydrogen-bond donors (Lipinski definition) is 1. The normalized spacial score (nSPS) is 11.2. The topological polar surface area (TPSA) is 63.6 Å². The van der Waals surface area contributed by atoms with Gasteiger partial charge in [-0.15, -0.1) is 0 Å². The van der Waals surface area contributed by atoms with Crippen molar-refractivity contribution in [3.63, 3.8) is 0 Å². The first-order valence-electron chi connectivity index (χ1n) is 8.45. The average Bonchev–Trinajstić information content (AvgIpc) is 3.08. The van der Waals surface area contributed by atoms with E-state index in [9.17, 15) is 4.79 Å². The van der Waals surface area contributed by atoms with Crippen molar-refractivity contribution in [2.24, 2.45) is 0 Å². The predicted octanol–water partition coefficient (Wildman–Crippen LogP) is 4.78. The van der Waals surface area contributed by atoms with Gasteiger partial charge >= 0.3 is 0 Å². The van der Waals surface area contributed by atoms with Gasteiger partial charge in [0.15, 0.2) is 10.8 Å². The van der Waals surface area contributed by atoms with Crippen LogP contribution in [0.25, 0.3) is 16.7 Å². The van der Waals surface area contributed by atoms with E-state index >= 15 is 0 Å². The Bertz CT molecular complexity index is 1180. The van der Waals surface area contributed by atoms with Gasteiger partial charge in [-0.2, -0.15) is 5.10 Å². The van der Waals surface area contributed by atoms with Crippen molar-refractivity contribution < 1.29 is 0 Å². The van der Waals surface area contributed by atoms with Gasteiger partial charge in [0.1, 0.15) is 5.39 Å². The zero-order valence-electron chi connectivity index (χ0n) is 14.9. The number of hydrogen-bond acceptors (Lipinski definition) is 4. The Kier molecular flexibility index (Phi) is 4.88. The smallest absolute Gasteiger partial charge is 0.262 e. The number of fused-ring (bicyclic) bond motifs is 1. The van der Waals surface area contributed by atoms with E-state index in [1.54, 1.807) is 10.9 Å². The van der Waals surface area contributed by atoms with Crippen molar-refractivity contribution in [1.29, 1.82) is 0 Å². The van der Waals surface area contributed by atoms with Gasteiger partial charge in [0.25, 0.3) is 5.56 Å². The second-order valence-electron chi connectivity index (χ2n) is 6.30. The Morgan fingerprint density at radius 2 is 1.93 bits per heavy atom. The van der Waals surface area contributed by atoms with E-state index in [1.165, 1.54) is 17.3 Å². The van der Waals surface area contributed by atoms with Crippen molar-refractivity contribution in [2.45, 2.75) is 24.8 Å². The molecule has 0 aliphatic heterocycles. The second kappa shape index (κ2) is 7.32. The van der Waals surface area contributed by atoms with E-state index in [2.05, 4.69) is 50.9 Å². The van der Waals surface area contributed by atoms with Crippen LogP contribution in [0.1, 0.15) is 16.7 Å². The summed E-state index contributed by atoms with van der Waals surface area (Å²) in [5, 5.41) is 5.49. The first-order valence-corrected chi connectivity index (χ1v) is 10.2. The fourth-order valence-electron chi connectivity index (χ4n) is 2.84. The Morgan fingerprint density at radius 3 is 2.70 bits per heavy atom. The van der Waals surface area contributed by atoms with Crippen LogP contribution >= 0.6 is 27.7 Å². The monoisotopic (exact) mass is 440 g/mol. The Balaban J connectivity index is 1.72. The van der Waals surface area contributed by atoms with Crippen LogP contribution in [0.15, 0.2) is 63.1 Å². The number of nitrogens with one attached hydrogen (secondary N) is 1. The molecule has 2 aromatic carbocycles. The number of H-pyrrole nitrogens is 1. The molecule has 2 aromatic heterocycles. The third-order valence-corrected chi connectivity index (χ3v) is 5.98. The van der Waals surface area contributed by atoms with Crippen LogP contribution in [0.4, 0.5) is 0 Å². The van der Waals surface area contributed by atoms with Gasteiger partial charge in [-0.05, 0) is 48.7 Å². The molecular formula is C20H17BrN4OS. The van der Waals surface area contributed by atoms with E-state index in [-0.39, 0.29) is 5.56 Å². The molecule has 2 heterocycles. The van der Waals surface area contributed by atoms with Crippen LogP contribution in [0.5, 0.6) is 0 Å². The fourth-order valence-corrected chi connectivity index (χ4v) is 3.92. The van der Waals surface area contributed by atoms with Gasteiger partial charge < -0.3 is 4.98 Å². The van der Waals surface area contributed by atoms with Gasteiger partial charge in [-0.1, -0.05) is 52.0 Å². The summed E-state index contributed by atoms with van der Waals surface area (Å²) in [6.45, 7) is 4.11. The molecule has 0 aliphatic carbocycles. The summed E-state index contributed by atoms with van der Waals surface area (Å²) in [7, 11) is 0. The van der Waals surface area contributed by atoms with E-state index < -0.39 is 0 Å². The molecule has 0 amide bonds. The van der Waals surface area contributed by atoms with E-state index in [1.807, 2.05) is 36.4 Å². The molecule has 0 atom stereocenters. The minimum Gasteiger partial charge on any atom is -0.301 e. The summed E-state index contributed by atoms with van der Waals surface area (Å²) in [5.74, 6) is 0.722. The molecule has 0 unspecified atom stereocenters. The van der Waals surface area contributed by atoms with Crippen molar-refractivity contribution in [2.75, 3.05) is 0 Å². The minimum absolute atomic E-state index is 0.171. The Morgan fingerprint density at radius 1 is 1.15 bits per heavy atom. The summed E-state index contributed by atoms with van der Waals surface area (Å²) in [6.07, 6.45) is 1.58. The second-order valence-corrected chi connectivity index (χ2v) is 8.18. The lowest BCUT2D eigenvalue weighted by atomic mass is 10.1. The lowest BCUT2D eigenvalue weighted by molar-refractivity contribution is 0.865. The van der Waals surface area contributed by atoms with Crippen LogP contribution in [0.2, 0.25) is 0 Å². The highest BCUT2D eigenvalue weighted by Crippen LogP contribution is 2.24. The highest BCUT2D eigenvalue weighted by Gasteiger charge is 2.14. The molecule has 0 spiro atoms. The molecule has 136 valence electrons.